The van der Waals surface area contributed by atoms with Gasteiger partial charge in [-0.2, -0.15) is 0 Å². The zero-order chi connectivity index (χ0) is 14.5. The number of carbonyl (C=O) groups is 1. The first-order valence-corrected chi connectivity index (χ1v) is 6.41. The molecule has 0 aromatic heterocycles. The average Bonchev–Trinajstić information content (AvgIpc) is 2.48. The highest BCUT2D eigenvalue weighted by Gasteiger charge is 2.17. The smallest absolute Gasteiger partial charge is 0.270 e. The van der Waals surface area contributed by atoms with Crippen LogP contribution in [-0.4, -0.2) is 47.1 Å². The lowest BCUT2D eigenvalue weighted by molar-refractivity contribution is -0.384. The maximum absolute atomic E-state index is 12.0. The minimum atomic E-state index is -0.545. The Morgan fingerprint density at radius 2 is 2.10 bits per heavy atom. The average molecular weight is 295 g/mol. The van der Waals surface area contributed by atoms with E-state index in [4.69, 9.17) is 17.0 Å². The normalized spacial score (nSPS) is 14.7. The fourth-order valence-electron chi connectivity index (χ4n) is 1.78. The number of ether oxygens (including phenoxy) is 1. The monoisotopic (exact) mass is 295 g/mol. The molecule has 1 aromatic carbocycles. The third-order valence-corrected chi connectivity index (χ3v) is 3.20. The van der Waals surface area contributed by atoms with Crippen LogP contribution >= 0.6 is 12.2 Å². The molecule has 1 aromatic rings. The Labute approximate surface area is 120 Å². The topological polar surface area (TPSA) is 84.7 Å². The first-order chi connectivity index (χ1) is 9.58. The number of amides is 1. The third kappa shape index (κ3) is 3.49. The number of nitrogens with zero attached hydrogens (tertiary/aromatic N) is 2. The Morgan fingerprint density at radius 1 is 1.40 bits per heavy atom. The van der Waals surface area contributed by atoms with Crippen molar-refractivity contribution in [1.82, 2.24) is 10.2 Å². The van der Waals surface area contributed by atoms with Gasteiger partial charge in [0.25, 0.3) is 11.6 Å². The van der Waals surface area contributed by atoms with Gasteiger partial charge in [0.15, 0.2) is 5.11 Å². The van der Waals surface area contributed by atoms with E-state index in [1.165, 1.54) is 24.3 Å². The van der Waals surface area contributed by atoms with Gasteiger partial charge in [0.1, 0.15) is 0 Å². The van der Waals surface area contributed by atoms with E-state index in [1.807, 2.05) is 4.90 Å². The molecule has 0 aliphatic carbocycles. The summed E-state index contributed by atoms with van der Waals surface area (Å²) in [6.07, 6.45) is 0. The summed E-state index contributed by atoms with van der Waals surface area (Å²) in [4.78, 5) is 23.9. The van der Waals surface area contributed by atoms with Crippen LogP contribution in [0.1, 0.15) is 10.4 Å². The Balaban J connectivity index is 2.02. The summed E-state index contributed by atoms with van der Waals surface area (Å²) in [5, 5.41) is 13.6. The summed E-state index contributed by atoms with van der Waals surface area (Å²) in [5.74, 6) is -0.454. The number of hydrogen-bond donors (Lipinski definition) is 1. The van der Waals surface area contributed by atoms with Gasteiger partial charge in [-0.1, -0.05) is 6.07 Å². The van der Waals surface area contributed by atoms with E-state index in [2.05, 4.69) is 5.32 Å². The number of thiocarbonyl (C=S) groups is 1. The third-order valence-electron chi connectivity index (χ3n) is 2.84. The number of morpholine rings is 1. The Morgan fingerprint density at radius 3 is 2.75 bits per heavy atom. The van der Waals surface area contributed by atoms with Gasteiger partial charge in [-0.25, -0.2) is 0 Å². The number of nitrogens with one attached hydrogen (secondary N) is 1. The second-order valence-electron chi connectivity index (χ2n) is 4.17. The van der Waals surface area contributed by atoms with E-state index >= 15 is 0 Å². The van der Waals surface area contributed by atoms with Crippen molar-refractivity contribution in [3.8, 4) is 0 Å². The van der Waals surface area contributed by atoms with Crippen molar-refractivity contribution in [2.24, 2.45) is 0 Å². The molecule has 1 aliphatic heterocycles. The second-order valence-corrected chi connectivity index (χ2v) is 4.55. The Kier molecular flexibility index (Phi) is 4.59. The van der Waals surface area contributed by atoms with Gasteiger partial charge in [-0.05, 0) is 18.3 Å². The van der Waals surface area contributed by atoms with Crippen LogP contribution in [0.15, 0.2) is 24.3 Å². The van der Waals surface area contributed by atoms with Crippen LogP contribution in [0.25, 0.3) is 0 Å². The highest BCUT2D eigenvalue weighted by atomic mass is 32.1. The summed E-state index contributed by atoms with van der Waals surface area (Å²) in [6.45, 7) is 2.36. The number of nitro groups is 1. The van der Waals surface area contributed by atoms with Gasteiger partial charge in [0.05, 0.1) is 18.1 Å². The summed E-state index contributed by atoms with van der Waals surface area (Å²) in [5.41, 5.74) is 0.0738. The van der Waals surface area contributed by atoms with Crippen molar-refractivity contribution in [1.29, 1.82) is 0 Å². The zero-order valence-electron chi connectivity index (χ0n) is 10.6. The summed E-state index contributed by atoms with van der Waals surface area (Å²) < 4.78 is 5.19. The molecule has 20 heavy (non-hydrogen) atoms. The number of carbonyl (C=O) groups excluding carboxylic acids is 1. The van der Waals surface area contributed by atoms with E-state index in [-0.39, 0.29) is 11.3 Å². The molecule has 1 saturated heterocycles. The van der Waals surface area contributed by atoms with Gasteiger partial charge in [-0.15, -0.1) is 0 Å². The zero-order valence-corrected chi connectivity index (χ0v) is 11.4. The molecule has 0 spiro atoms. The standard InChI is InChI=1S/C12H13N3O4S/c16-11(9-2-1-3-10(8-9)15(17)18)13-12(20)14-4-6-19-7-5-14/h1-3,8H,4-7H2,(H,13,16,20). The van der Waals surface area contributed by atoms with E-state index in [1.54, 1.807) is 0 Å². The van der Waals surface area contributed by atoms with Crippen molar-refractivity contribution in [2.75, 3.05) is 26.3 Å². The predicted molar refractivity (Wildman–Crippen MR) is 75.6 cm³/mol. The molecule has 0 atom stereocenters. The first-order valence-electron chi connectivity index (χ1n) is 6.00. The summed E-state index contributed by atoms with van der Waals surface area (Å²) >= 11 is 5.14. The summed E-state index contributed by atoms with van der Waals surface area (Å²) in [7, 11) is 0. The van der Waals surface area contributed by atoms with E-state index in [0.29, 0.717) is 31.4 Å². The molecule has 1 aliphatic rings. The van der Waals surface area contributed by atoms with E-state index in [0.717, 1.165) is 0 Å². The molecular weight excluding hydrogens is 282 g/mol. The van der Waals surface area contributed by atoms with Gasteiger partial charge < -0.3 is 9.64 Å². The minimum Gasteiger partial charge on any atom is -0.378 e. The van der Waals surface area contributed by atoms with Crippen molar-refractivity contribution >= 4 is 28.9 Å². The lowest BCUT2D eigenvalue weighted by Gasteiger charge is -2.28. The molecule has 0 saturated carbocycles. The second kappa shape index (κ2) is 6.40. The van der Waals surface area contributed by atoms with Crippen LogP contribution in [-0.2, 0) is 4.74 Å². The van der Waals surface area contributed by atoms with Crippen LogP contribution in [0.5, 0.6) is 0 Å². The van der Waals surface area contributed by atoms with E-state index < -0.39 is 10.8 Å². The lowest BCUT2D eigenvalue weighted by Crippen LogP contribution is -2.47. The van der Waals surface area contributed by atoms with Crippen LogP contribution in [0, 0.1) is 10.1 Å². The molecule has 7 nitrogen and oxygen atoms in total. The lowest BCUT2D eigenvalue weighted by atomic mass is 10.2. The maximum Gasteiger partial charge on any atom is 0.270 e. The Hall–Kier alpha value is -2.06. The van der Waals surface area contributed by atoms with Crippen LogP contribution < -0.4 is 5.32 Å². The van der Waals surface area contributed by atoms with Gasteiger partial charge in [-0.3, -0.25) is 20.2 Å². The van der Waals surface area contributed by atoms with Gasteiger partial charge in [0, 0.05) is 30.8 Å². The molecule has 8 heteroatoms. The molecule has 106 valence electrons. The molecule has 1 amide bonds. The van der Waals surface area contributed by atoms with Gasteiger partial charge >= 0.3 is 0 Å². The molecule has 2 rings (SSSR count). The van der Waals surface area contributed by atoms with E-state index in [9.17, 15) is 14.9 Å². The fraction of sp³-hybridized carbons (Fsp3) is 0.333. The van der Waals surface area contributed by atoms with Crippen molar-refractivity contribution in [3.63, 3.8) is 0 Å². The van der Waals surface area contributed by atoms with Crippen LogP contribution in [0.4, 0.5) is 5.69 Å². The largest absolute Gasteiger partial charge is 0.378 e. The fourth-order valence-corrected chi connectivity index (χ4v) is 2.05. The minimum absolute atomic E-state index is 0.130. The number of rotatable bonds is 2. The van der Waals surface area contributed by atoms with Crippen molar-refractivity contribution in [2.45, 2.75) is 0 Å². The molecule has 0 bridgehead atoms. The quantitative estimate of drug-likeness (QED) is 0.496. The molecule has 1 heterocycles. The van der Waals surface area contributed by atoms with Gasteiger partial charge in [0.2, 0.25) is 0 Å². The van der Waals surface area contributed by atoms with Crippen molar-refractivity contribution in [3.05, 3.63) is 39.9 Å². The molecule has 1 N–H and O–H groups in total. The number of non-ortho nitro benzene ring substituents is 1. The SMILES string of the molecule is O=C(NC(=S)N1CCOCC1)c1cccc([N+](=O)[O-])c1. The maximum atomic E-state index is 12.0. The first kappa shape index (κ1) is 14.4. The predicted octanol–water partition coefficient (Wildman–Crippen LogP) is 0.942. The molecule has 0 radical (unpaired) electrons. The van der Waals surface area contributed by atoms with Crippen molar-refractivity contribution < 1.29 is 14.5 Å². The number of benzene rings is 1. The number of hydrogen-bond acceptors (Lipinski definition) is 5. The number of nitro benzene ring substituents is 1. The van der Waals surface area contributed by atoms with Crippen LogP contribution in [0.2, 0.25) is 0 Å². The van der Waals surface area contributed by atoms with Crippen LogP contribution in [0.3, 0.4) is 0 Å². The molecule has 0 unspecified atom stereocenters. The summed E-state index contributed by atoms with van der Waals surface area (Å²) in [6, 6.07) is 5.52. The molecule has 1 fully saturated rings. The molecular formula is C12H13N3O4S. The highest BCUT2D eigenvalue weighted by molar-refractivity contribution is 7.80. The highest BCUT2D eigenvalue weighted by Crippen LogP contribution is 2.13. The Bertz CT molecular complexity index is 543.